The maximum atomic E-state index is 12.9. The van der Waals surface area contributed by atoms with Crippen LogP contribution < -0.4 is 5.56 Å². The van der Waals surface area contributed by atoms with E-state index in [1.165, 1.54) is 15.9 Å². The third-order valence-electron chi connectivity index (χ3n) is 4.19. The molecule has 5 nitrogen and oxygen atoms in total. The van der Waals surface area contributed by atoms with Crippen LogP contribution >= 0.6 is 22.9 Å². The van der Waals surface area contributed by atoms with Crippen molar-refractivity contribution in [3.63, 3.8) is 0 Å². The topological polar surface area (TPSA) is 52.2 Å². The van der Waals surface area contributed by atoms with Crippen molar-refractivity contribution in [1.82, 2.24) is 19.2 Å². The lowest BCUT2D eigenvalue weighted by atomic mass is 10.2. The highest BCUT2D eigenvalue weighted by molar-refractivity contribution is 7.21. The summed E-state index contributed by atoms with van der Waals surface area (Å²) in [4.78, 5) is 19.3. The molecular formula is C19H11ClN4OS. The number of nitrogens with zero attached hydrogens (tertiary/aromatic N) is 4. The minimum absolute atomic E-state index is 0.186. The standard InChI is InChI=1S/C19H11ClN4OS/c20-14-8-4-5-9-15(14)23-11-21-24-18(25)13-10-16(12-6-2-1-3-7-12)26-17(13)22-19(23)24/h1-11H. The van der Waals surface area contributed by atoms with Crippen molar-refractivity contribution in [3.8, 4) is 16.1 Å². The summed E-state index contributed by atoms with van der Waals surface area (Å²) in [6.07, 6.45) is 1.56. The molecule has 0 aliphatic heterocycles. The number of thiophene rings is 1. The first-order valence-electron chi connectivity index (χ1n) is 7.92. The van der Waals surface area contributed by atoms with Gasteiger partial charge in [-0.05, 0) is 23.8 Å². The van der Waals surface area contributed by atoms with Gasteiger partial charge >= 0.3 is 0 Å². The Kier molecular flexibility index (Phi) is 3.41. The fraction of sp³-hybridized carbons (Fsp3) is 0. The van der Waals surface area contributed by atoms with Crippen LogP contribution in [0.1, 0.15) is 0 Å². The van der Waals surface area contributed by atoms with Crippen LogP contribution in [0.5, 0.6) is 0 Å². The van der Waals surface area contributed by atoms with E-state index in [1.54, 1.807) is 17.0 Å². The summed E-state index contributed by atoms with van der Waals surface area (Å²) in [5.41, 5.74) is 1.61. The van der Waals surface area contributed by atoms with Crippen molar-refractivity contribution < 1.29 is 0 Å². The molecule has 2 aromatic carbocycles. The van der Waals surface area contributed by atoms with Crippen LogP contribution in [0.2, 0.25) is 5.02 Å². The molecule has 0 bridgehead atoms. The lowest BCUT2D eigenvalue weighted by Gasteiger charge is -2.04. The van der Waals surface area contributed by atoms with Crippen molar-refractivity contribution in [3.05, 3.63) is 82.4 Å². The van der Waals surface area contributed by atoms with Crippen molar-refractivity contribution in [1.29, 1.82) is 0 Å². The van der Waals surface area contributed by atoms with Crippen LogP contribution in [0.4, 0.5) is 0 Å². The van der Waals surface area contributed by atoms with Gasteiger partial charge < -0.3 is 0 Å². The van der Waals surface area contributed by atoms with Gasteiger partial charge in [-0.25, -0.2) is 4.98 Å². The molecule has 0 aliphatic rings. The monoisotopic (exact) mass is 378 g/mol. The molecule has 5 aromatic rings. The molecule has 0 spiro atoms. The Morgan fingerprint density at radius 3 is 2.58 bits per heavy atom. The molecule has 0 radical (unpaired) electrons. The van der Waals surface area contributed by atoms with E-state index in [2.05, 4.69) is 10.1 Å². The highest BCUT2D eigenvalue weighted by atomic mass is 35.5. The third kappa shape index (κ3) is 2.27. The summed E-state index contributed by atoms with van der Waals surface area (Å²) in [5.74, 6) is 0.442. The fourth-order valence-corrected chi connectivity index (χ4v) is 4.19. The Balaban J connectivity index is 1.79. The Morgan fingerprint density at radius 1 is 1.00 bits per heavy atom. The third-order valence-corrected chi connectivity index (χ3v) is 5.59. The second-order valence-electron chi connectivity index (χ2n) is 5.78. The first kappa shape index (κ1) is 15.3. The quantitative estimate of drug-likeness (QED) is 0.457. The lowest BCUT2D eigenvalue weighted by Crippen LogP contribution is -2.15. The van der Waals surface area contributed by atoms with Gasteiger partial charge in [0.2, 0.25) is 5.78 Å². The van der Waals surface area contributed by atoms with Crippen molar-refractivity contribution >= 4 is 38.9 Å². The second-order valence-corrected chi connectivity index (χ2v) is 7.21. The van der Waals surface area contributed by atoms with Crippen LogP contribution in [0.25, 0.3) is 32.1 Å². The Bertz CT molecular complexity index is 1320. The number of halogens is 1. The van der Waals surface area contributed by atoms with E-state index in [1.807, 2.05) is 54.6 Å². The summed E-state index contributed by atoms with van der Waals surface area (Å²) in [6, 6.07) is 19.2. The average molecular weight is 379 g/mol. The van der Waals surface area contributed by atoms with Gasteiger partial charge in [-0.15, -0.1) is 11.3 Å². The number of benzene rings is 2. The molecule has 0 fully saturated rings. The normalized spacial score (nSPS) is 11.4. The lowest BCUT2D eigenvalue weighted by molar-refractivity contribution is 0.916. The zero-order valence-electron chi connectivity index (χ0n) is 13.3. The molecule has 3 heterocycles. The summed E-state index contributed by atoms with van der Waals surface area (Å²) in [5, 5.41) is 5.35. The summed E-state index contributed by atoms with van der Waals surface area (Å²) >= 11 is 7.79. The van der Waals surface area contributed by atoms with Gasteiger partial charge in [0, 0.05) is 4.88 Å². The van der Waals surface area contributed by atoms with E-state index in [9.17, 15) is 4.79 Å². The predicted octanol–water partition coefficient (Wildman–Crippen LogP) is 4.42. The highest BCUT2D eigenvalue weighted by Crippen LogP contribution is 2.31. The molecule has 26 heavy (non-hydrogen) atoms. The molecule has 3 aromatic heterocycles. The van der Waals surface area contributed by atoms with Crippen molar-refractivity contribution in [2.75, 3.05) is 0 Å². The van der Waals surface area contributed by atoms with E-state index in [0.717, 1.165) is 16.1 Å². The second kappa shape index (κ2) is 5.79. The molecule has 0 unspecified atom stereocenters. The van der Waals surface area contributed by atoms with Gasteiger partial charge in [0.25, 0.3) is 5.56 Å². The summed E-state index contributed by atoms with van der Waals surface area (Å²) in [6.45, 7) is 0. The largest absolute Gasteiger partial charge is 0.284 e. The highest BCUT2D eigenvalue weighted by Gasteiger charge is 2.16. The van der Waals surface area contributed by atoms with E-state index in [4.69, 9.17) is 11.6 Å². The number of rotatable bonds is 2. The molecule has 0 aliphatic carbocycles. The molecule has 0 N–H and O–H groups in total. The number of hydrogen-bond donors (Lipinski definition) is 0. The smallest absolute Gasteiger partial charge is 0.266 e. The summed E-state index contributed by atoms with van der Waals surface area (Å²) < 4.78 is 3.04. The van der Waals surface area contributed by atoms with Crippen molar-refractivity contribution in [2.45, 2.75) is 0 Å². The van der Waals surface area contributed by atoms with Gasteiger partial charge in [-0.3, -0.25) is 9.36 Å². The van der Waals surface area contributed by atoms with E-state index in [-0.39, 0.29) is 5.56 Å². The zero-order chi connectivity index (χ0) is 17.7. The zero-order valence-corrected chi connectivity index (χ0v) is 14.9. The maximum Gasteiger partial charge on any atom is 0.284 e. The van der Waals surface area contributed by atoms with Gasteiger partial charge in [0.05, 0.1) is 16.1 Å². The Morgan fingerprint density at radius 2 is 1.77 bits per heavy atom. The van der Waals surface area contributed by atoms with Crippen LogP contribution in [-0.4, -0.2) is 19.2 Å². The molecular weight excluding hydrogens is 368 g/mol. The Labute approximate surface area is 156 Å². The minimum atomic E-state index is -0.186. The maximum absolute atomic E-state index is 12.9. The Hall–Kier alpha value is -2.96. The molecule has 126 valence electrons. The number of fused-ring (bicyclic) bond motifs is 2. The molecule has 5 rings (SSSR count). The fourth-order valence-electron chi connectivity index (χ4n) is 2.94. The molecule has 0 saturated carbocycles. The number of hydrogen-bond acceptors (Lipinski definition) is 4. The molecule has 0 amide bonds. The van der Waals surface area contributed by atoms with Gasteiger partial charge in [0.1, 0.15) is 11.2 Å². The first-order valence-corrected chi connectivity index (χ1v) is 9.12. The van der Waals surface area contributed by atoms with Crippen LogP contribution in [0.15, 0.2) is 71.8 Å². The molecule has 7 heteroatoms. The number of aromatic nitrogens is 4. The SMILES string of the molecule is O=c1c2cc(-c3ccccc3)sc2nc2n(-c3ccccc3Cl)cnn12. The average Bonchev–Trinajstić information content (AvgIpc) is 3.28. The van der Waals surface area contributed by atoms with Gasteiger partial charge in [-0.2, -0.15) is 9.61 Å². The predicted molar refractivity (Wildman–Crippen MR) is 104 cm³/mol. The molecule has 0 atom stereocenters. The van der Waals surface area contributed by atoms with Crippen LogP contribution in [0, 0.1) is 0 Å². The van der Waals surface area contributed by atoms with Crippen LogP contribution in [0.3, 0.4) is 0 Å². The van der Waals surface area contributed by atoms with Gasteiger partial charge in [0.15, 0.2) is 0 Å². The minimum Gasteiger partial charge on any atom is -0.266 e. The van der Waals surface area contributed by atoms with E-state index >= 15 is 0 Å². The molecule has 0 saturated heterocycles. The number of para-hydroxylation sites is 1. The van der Waals surface area contributed by atoms with Crippen LogP contribution in [-0.2, 0) is 0 Å². The van der Waals surface area contributed by atoms with Gasteiger partial charge in [-0.1, -0.05) is 54.1 Å². The first-order chi connectivity index (χ1) is 12.7. The van der Waals surface area contributed by atoms with E-state index in [0.29, 0.717) is 21.0 Å². The van der Waals surface area contributed by atoms with E-state index < -0.39 is 0 Å². The van der Waals surface area contributed by atoms with Crippen molar-refractivity contribution in [2.24, 2.45) is 0 Å². The summed E-state index contributed by atoms with van der Waals surface area (Å²) in [7, 11) is 0.